The van der Waals surface area contributed by atoms with Crippen molar-refractivity contribution in [3.05, 3.63) is 44.0 Å². The van der Waals surface area contributed by atoms with Gasteiger partial charge in [-0.1, -0.05) is 72.5 Å². The number of aliphatic hydroxyl groups excluding tert-OH is 1. The molecule has 31 heavy (non-hydrogen) atoms. The average Bonchev–Trinajstić information content (AvgIpc) is 3.06. The molecule has 2 aromatic rings. The number of halogens is 1. The molecular weight excluding hydrogens is 470 g/mol. The molecular formula is C22H38ClN3O2S3. The molecule has 5 nitrogen and oxygen atoms in total. The highest BCUT2D eigenvalue weighted by atomic mass is 35.5. The number of hydrogen-bond acceptors (Lipinski definition) is 6. The summed E-state index contributed by atoms with van der Waals surface area (Å²) in [5, 5.41) is 8.95. The van der Waals surface area contributed by atoms with Crippen LogP contribution in [0.2, 0.25) is 0 Å². The Morgan fingerprint density at radius 2 is 1.71 bits per heavy atom. The number of aromatic amines is 1. The van der Waals surface area contributed by atoms with E-state index in [1.807, 2.05) is 17.0 Å². The fourth-order valence-corrected chi connectivity index (χ4v) is 5.97. The minimum absolute atomic E-state index is 0. The highest BCUT2D eigenvalue weighted by Gasteiger charge is 2.16. The summed E-state index contributed by atoms with van der Waals surface area (Å²) in [6, 6.07) is 0. The van der Waals surface area contributed by atoms with Gasteiger partial charge in [-0.15, -0.1) is 0 Å². The molecule has 0 aliphatic rings. The second-order valence-electron chi connectivity index (χ2n) is 7.21. The number of rotatable bonds is 13. The Morgan fingerprint density at radius 3 is 2.23 bits per heavy atom. The van der Waals surface area contributed by atoms with Gasteiger partial charge < -0.3 is 22.5 Å². The number of thiazole rings is 1. The molecule has 0 bridgehead atoms. The Labute approximate surface area is 205 Å². The van der Waals surface area contributed by atoms with Crippen molar-refractivity contribution in [1.82, 2.24) is 9.97 Å². The SMILES string of the molecule is CCCCCSSCCCCC.Cc1ncc(C[n+]2csc(CCO)c2C)c(=O)[nH]1.[Cl-]. The Bertz CT molecular complexity index is 759. The van der Waals surface area contributed by atoms with Crippen LogP contribution < -0.4 is 22.5 Å². The van der Waals surface area contributed by atoms with Crippen LogP contribution in [0.3, 0.4) is 0 Å². The lowest BCUT2D eigenvalue weighted by Crippen LogP contribution is -3.00. The first-order valence-corrected chi connectivity index (χ1v) is 14.3. The lowest BCUT2D eigenvalue weighted by molar-refractivity contribution is -0.689. The zero-order valence-electron chi connectivity index (χ0n) is 19.3. The van der Waals surface area contributed by atoms with Crippen LogP contribution in [-0.4, -0.2) is 33.2 Å². The fraction of sp³-hybridized carbons (Fsp3) is 0.682. The van der Waals surface area contributed by atoms with Gasteiger partial charge in [0.25, 0.3) is 5.56 Å². The molecule has 178 valence electrons. The first-order valence-electron chi connectivity index (χ1n) is 10.9. The van der Waals surface area contributed by atoms with E-state index in [1.54, 1.807) is 24.5 Å². The van der Waals surface area contributed by atoms with Crippen molar-refractivity contribution in [2.24, 2.45) is 0 Å². The minimum atomic E-state index is -0.0932. The highest BCUT2D eigenvalue weighted by Crippen LogP contribution is 2.24. The maximum atomic E-state index is 11.7. The van der Waals surface area contributed by atoms with Crippen molar-refractivity contribution in [1.29, 1.82) is 0 Å². The summed E-state index contributed by atoms with van der Waals surface area (Å²) in [7, 11) is 4.12. The van der Waals surface area contributed by atoms with Crippen LogP contribution in [-0.2, 0) is 13.0 Å². The van der Waals surface area contributed by atoms with Gasteiger partial charge in [0, 0.05) is 37.7 Å². The second-order valence-corrected chi connectivity index (χ2v) is 10.9. The first-order chi connectivity index (χ1) is 14.5. The molecule has 0 fully saturated rings. The van der Waals surface area contributed by atoms with Crippen molar-refractivity contribution in [3.8, 4) is 0 Å². The third kappa shape index (κ3) is 12.9. The Balaban J connectivity index is 0.000000612. The predicted octanol–water partition coefficient (Wildman–Crippen LogP) is 2.07. The third-order valence-electron chi connectivity index (χ3n) is 4.58. The molecule has 0 radical (unpaired) electrons. The minimum Gasteiger partial charge on any atom is -1.00 e. The summed E-state index contributed by atoms with van der Waals surface area (Å²) in [6.07, 6.45) is 10.6. The summed E-state index contributed by atoms with van der Waals surface area (Å²) in [5.41, 5.74) is 3.61. The second kappa shape index (κ2) is 19.0. The molecule has 2 N–H and O–H groups in total. The van der Waals surface area contributed by atoms with E-state index in [9.17, 15) is 4.79 Å². The van der Waals surface area contributed by atoms with E-state index in [0.29, 0.717) is 24.4 Å². The van der Waals surface area contributed by atoms with Gasteiger partial charge in [-0.25, -0.2) is 4.98 Å². The van der Waals surface area contributed by atoms with Crippen molar-refractivity contribution in [2.45, 2.75) is 79.2 Å². The Morgan fingerprint density at radius 1 is 1.10 bits per heavy atom. The summed E-state index contributed by atoms with van der Waals surface area (Å²) in [5.74, 6) is 3.33. The van der Waals surface area contributed by atoms with Gasteiger partial charge in [-0.2, -0.15) is 4.57 Å². The number of H-pyrrole nitrogens is 1. The molecule has 0 atom stereocenters. The lowest BCUT2D eigenvalue weighted by atomic mass is 10.3. The molecule has 0 amide bonds. The zero-order valence-corrected chi connectivity index (χ0v) is 22.5. The maximum absolute atomic E-state index is 11.7. The summed E-state index contributed by atoms with van der Waals surface area (Å²) < 4.78 is 2.01. The first kappa shape index (κ1) is 30.5. The standard InChI is InChI=1S/C12H15N3O2S.C10H22S2.ClH/c1-8-11(3-4-16)18-7-15(8)6-10-5-13-9(2)14-12(10)17;1-3-5-7-9-11-12-10-8-6-4-2;/h5,7,16H,3-4,6H2,1-2H3;3-10H2,1-2H3;1H. The van der Waals surface area contributed by atoms with Crippen molar-refractivity contribution in [3.63, 3.8) is 0 Å². The monoisotopic (exact) mass is 507 g/mol. The molecule has 2 heterocycles. The molecule has 2 rings (SSSR count). The van der Waals surface area contributed by atoms with E-state index in [0.717, 1.165) is 10.6 Å². The number of aromatic nitrogens is 3. The largest absolute Gasteiger partial charge is 1.00 e. The molecule has 9 heteroatoms. The molecule has 0 spiro atoms. The predicted molar refractivity (Wildman–Crippen MR) is 133 cm³/mol. The molecule has 0 saturated carbocycles. The topological polar surface area (TPSA) is 69.9 Å². The van der Waals surface area contributed by atoms with Crippen LogP contribution in [0.1, 0.15) is 74.3 Å². The summed E-state index contributed by atoms with van der Waals surface area (Å²) in [4.78, 5) is 19.7. The molecule has 0 aliphatic carbocycles. The van der Waals surface area contributed by atoms with E-state index in [1.165, 1.54) is 50.0 Å². The molecule has 2 aromatic heterocycles. The van der Waals surface area contributed by atoms with Crippen LogP contribution >= 0.6 is 32.9 Å². The fourth-order valence-electron chi connectivity index (χ4n) is 2.70. The van der Waals surface area contributed by atoms with E-state index >= 15 is 0 Å². The Hall–Kier alpha value is -0.540. The number of aryl methyl sites for hydroxylation is 1. The smallest absolute Gasteiger partial charge is 0.260 e. The number of nitrogens with zero attached hydrogens (tertiary/aromatic N) is 2. The van der Waals surface area contributed by atoms with E-state index in [-0.39, 0.29) is 24.6 Å². The van der Waals surface area contributed by atoms with E-state index in [2.05, 4.69) is 45.4 Å². The van der Waals surface area contributed by atoms with E-state index < -0.39 is 0 Å². The van der Waals surface area contributed by atoms with Crippen LogP contribution in [0.15, 0.2) is 16.5 Å². The number of aliphatic hydroxyl groups is 1. The number of unbranched alkanes of at least 4 members (excludes halogenated alkanes) is 4. The van der Waals surface area contributed by atoms with Crippen LogP contribution in [0.4, 0.5) is 0 Å². The quantitative estimate of drug-likeness (QED) is 0.247. The highest BCUT2D eigenvalue weighted by molar-refractivity contribution is 8.76. The average molecular weight is 508 g/mol. The van der Waals surface area contributed by atoms with E-state index in [4.69, 9.17) is 5.11 Å². The maximum Gasteiger partial charge on any atom is 0.260 e. The van der Waals surface area contributed by atoms with Crippen LogP contribution in [0.25, 0.3) is 0 Å². The van der Waals surface area contributed by atoms with Gasteiger partial charge in [0.15, 0.2) is 12.2 Å². The normalized spacial score (nSPS) is 10.4. The van der Waals surface area contributed by atoms with Gasteiger partial charge in [0.05, 0.1) is 4.88 Å². The Kier molecular flexibility index (Phi) is 18.6. The molecule has 0 aromatic carbocycles. The molecule has 0 saturated heterocycles. The summed E-state index contributed by atoms with van der Waals surface area (Å²) >= 11 is 1.60. The molecule has 0 unspecified atom stereocenters. The van der Waals surface area contributed by atoms with Gasteiger partial charge in [-0.3, -0.25) is 4.79 Å². The van der Waals surface area contributed by atoms with Crippen molar-refractivity contribution < 1.29 is 22.1 Å². The molecule has 0 aliphatic heterocycles. The number of hydrogen-bond donors (Lipinski definition) is 2. The van der Waals surface area contributed by atoms with Crippen LogP contribution in [0.5, 0.6) is 0 Å². The number of nitrogens with one attached hydrogen (secondary N) is 1. The third-order valence-corrected chi connectivity index (χ3v) is 8.30. The zero-order chi connectivity index (χ0) is 22.2. The van der Waals surface area contributed by atoms with Gasteiger partial charge in [-0.05, 0) is 19.8 Å². The summed E-state index contributed by atoms with van der Waals surface area (Å²) in [6.45, 7) is 8.94. The van der Waals surface area contributed by atoms with Gasteiger partial charge in [0.1, 0.15) is 11.4 Å². The van der Waals surface area contributed by atoms with Gasteiger partial charge >= 0.3 is 0 Å². The lowest BCUT2D eigenvalue weighted by Gasteiger charge is -1.99. The van der Waals surface area contributed by atoms with Gasteiger partial charge in [0.2, 0.25) is 5.51 Å². The van der Waals surface area contributed by atoms with Crippen molar-refractivity contribution >= 4 is 32.9 Å². The van der Waals surface area contributed by atoms with Crippen LogP contribution in [0, 0.1) is 13.8 Å². The van der Waals surface area contributed by atoms with Crippen molar-refractivity contribution in [2.75, 3.05) is 18.1 Å².